The molecule has 2 heterocycles. The Labute approximate surface area is 147 Å². The highest BCUT2D eigenvalue weighted by molar-refractivity contribution is 8.41. The zero-order valence-electron chi connectivity index (χ0n) is 12.5. The van der Waals surface area contributed by atoms with E-state index in [0.29, 0.717) is 15.0 Å². The van der Waals surface area contributed by atoms with Crippen molar-refractivity contribution < 1.29 is 9.59 Å². The summed E-state index contributed by atoms with van der Waals surface area (Å²) in [6, 6.07) is 13.0. The van der Waals surface area contributed by atoms with Crippen LogP contribution >= 0.6 is 23.5 Å². The molecule has 0 saturated heterocycles. The largest absolute Gasteiger partial charge is 0.325 e. The van der Waals surface area contributed by atoms with Gasteiger partial charge in [0.05, 0.1) is 10.7 Å². The normalized spacial score (nSPS) is 15.4. The molecule has 24 heavy (non-hydrogen) atoms. The summed E-state index contributed by atoms with van der Waals surface area (Å²) >= 11 is 2.55. The molecule has 7 heteroatoms. The summed E-state index contributed by atoms with van der Waals surface area (Å²) in [5.41, 5.74) is 1.64. The molecule has 0 atom stereocenters. The van der Waals surface area contributed by atoms with Crippen molar-refractivity contribution in [2.45, 2.75) is 0 Å². The number of thioether (sulfide) groups is 2. The zero-order valence-corrected chi connectivity index (χ0v) is 14.1. The molecule has 0 unspecified atom stereocenters. The highest BCUT2D eigenvalue weighted by atomic mass is 32.2. The summed E-state index contributed by atoms with van der Waals surface area (Å²) in [4.78, 5) is 32.3. The Morgan fingerprint density at radius 3 is 2.67 bits per heavy atom. The Hall–Kier alpha value is -2.38. The highest BCUT2D eigenvalue weighted by Crippen LogP contribution is 2.33. The standard InChI is InChI=1S/C17H13N3O2S2/c21-15(19-13-6-8-18-9-7-13)11-23-17-20-16(22)14(24-17)10-12-4-2-1-3-5-12/h1-10H,11H2,(H,18,19,21)/b14-10+. The predicted molar refractivity (Wildman–Crippen MR) is 99.8 cm³/mol. The number of benzene rings is 1. The van der Waals surface area contributed by atoms with Crippen LogP contribution in [0.5, 0.6) is 0 Å². The Bertz CT molecular complexity index is 805. The summed E-state index contributed by atoms with van der Waals surface area (Å²) in [6.07, 6.45) is 5.03. The molecule has 0 saturated carbocycles. The number of nitrogens with zero attached hydrogens (tertiary/aromatic N) is 2. The molecule has 2 amide bonds. The number of pyridine rings is 1. The van der Waals surface area contributed by atoms with Gasteiger partial charge >= 0.3 is 0 Å². The molecule has 1 aromatic carbocycles. The number of carbonyl (C=O) groups excluding carboxylic acids is 2. The van der Waals surface area contributed by atoms with Crippen molar-refractivity contribution in [2.24, 2.45) is 4.99 Å². The third-order valence-electron chi connectivity index (χ3n) is 2.99. The number of rotatable bonds is 4. The van der Waals surface area contributed by atoms with Crippen molar-refractivity contribution in [1.29, 1.82) is 0 Å². The van der Waals surface area contributed by atoms with Gasteiger partial charge in [0.25, 0.3) is 5.91 Å². The molecular weight excluding hydrogens is 342 g/mol. The fraction of sp³-hybridized carbons (Fsp3) is 0.0588. The lowest BCUT2D eigenvalue weighted by Crippen LogP contribution is -2.14. The second-order valence-electron chi connectivity index (χ2n) is 4.78. The van der Waals surface area contributed by atoms with Gasteiger partial charge in [0, 0.05) is 18.1 Å². The average molecular weight is 355 g/mol. The second kappa shape index (κ2) is 7.94. The van der Waals surface area contributed by atoms with Crippen molar-refractivity contribution in [3.8, 4) is 0 Å². The first-order valence-corrected chi connectivity index (χ1v) is 8.91. The monoisotopic (exact) mass is 355 g/mol. The minimum Gasteiger partial charge on any atom is -0.325 e. The summed E-state index contributed by atoms with van der Waals surface area (Å²) in [7, 11) is 0. The zero-order chi connectivity index (χ0) is 16.8. The van der Waals surface area contributed by atoms with E-state index in [1.54, 1.807) is 30.6 Å². The van der Waals surface area contributed by atoms with Gasteiger partial charge in [-0.3, -0.25) is 14.6 Å². The lowest BCUT2D eigenvalue weighted by atomic mass is 10.2. The van der Waals surface area contributed by atoms with E-state index in [0.717, 1.165) is 5.56 Å². The first-order chi connectivity index (χ1) is 11.7. The average Bonchev–Trinajstić information content (AvgIpc) is 2.95. The topological polar surface area (TPSA) is 71.4 Å². The van der Waals surface area contributed by atoms with E-state index in [9.17, 15) is 9.59 Å². The van der Waals surface area contributed by atoms with Crippen LogP contribution in [-0.2, 0) is 9.59 Å². The summed E-state index contributed by atoms with van der Waals surface area (Å²) < 4.78 is 0.590. The second-order valence-corrected chi connectivity index (χ2v) is 7.03. The first-order valence-electron chi connectivity index (χ1n) is 7.11. The van der Waals surface area contributed by atoms with Gasteiger partial charge in [-0.25, -0.2) is 0 Å². The van der Waals surface area contributed by atoms with Gasteiger partial charge in [0.2, 0.25) is 5.91 Å². The lowest BCUT2D eigenvalue weighted by molar-refractivity contribution is -0.114. The van der Waals surface area contributed by atoms with Gasteiger partial charge in [-0.15, -0.1) is 0 Å². The van der Waals surface area contributed by atoms with Crippen molar-refractivity contribution in [2.75, 3.05) is 11.1 Å². The van der Waals surface area contributed by atoms with Gasteiger partial charge in [0.15, 0.2) is 0 Å². The van der Waals surface area contributed by atoms with Crippen molar-refractivity contribution >= 4 is 51.5 Å². The minimum atomic E-state index is -0.263. The molecule has 3 rings (SSSR count). The van der Waals surface area contributed by atoms with Crippen LogP contribution in [0.15, 0.2) is 64.8 Å². The van der Waals surface area contributed by atoms with Gasteiger partial charge in [-0.05, 0) is 23.8 Å². The van der Waals surface area contributed by atoms with Crippen LogP contribution in [-0.4, -0.2) is 26.9 Å². The van der Waals surface area contributed by atoms with Gasteiger partial charge in [-0.2, -0.15) is 4.99 Å². The molecule has 1 N–H and O–H groups in total. The van der Waals surface area contributed by atoms with Crippen molar-refractivity contribution in [3.05, 3.63) is 65.3 Å². The molecule has 2 aromatic rings. The van der Waals surface area contributed by atoms with Crippen LogP contribution in [0.3, 0.4) is 0 Å². The van der Waals surface area contributed by atoms with Crippen LogP contribution in [0, 0.1) is 0 Å². The molecule has 5 nitrogen and oxygen atoms in total. The van der Waals surface area contributed by atoms with E-state index in [1.165, 1.54) is 23.5 Å². The number of anilines is 1. The number of aliphatic imine (C=N–C) groups is 1. The van der Waals surface area contributed by atoms with Crippen LogP contribution in [0.2, 0.25) is 0 Å². The predicted octanol–water partition coefficient (Wildman–Crippen LogP) is 3.42. The van der Waals surface area contributed by atoms with Crippen molar-refractivity contribution in [1.82, 2.24) is 4.98 Å². The Kier molecular flexibility index (Phi) is 5.45. The molecule has 0 spiro atoms. The molecule has 0 aliphatic carbocycles. The van der Waals surface area contributed by atoms with Crippen LogP contribution in [0.1, 0.15) is 5.56 Å². The molecule has 0 bridgehead atoms. The molecule has 0 radical (unpaired) electrons. The highest BCUT2D eigenvalue weighted by Gasteiger charge is 2.22. The Morgan fingerprint density at radius 2 is 1.92 bits per heavy atom. The number of carbonyl (C=O) groups is 2. The van der Waals surface area contributed by atoms with E-state index in [1.807, 2.05) is 30.3 Å². The number of hydrogen-bond donors (Lipinski definition) is 1. The van der Waals surface area contributed by atoms with E-state index in [2.05, 4.69) is 15.3 Å². The van der Waals surface area contributed by atoms with Crippen molar-refractivity contribution in [3.63, 3.8) is 0 Å². The fourth-order valence-electron chi connectivity index (χ4n) is 1.91. The van der Waals surface area contributed by atoms with Crippen LogP contribution in [0.4, 0.5) is 5.69 Å². The van der Waals surface area contributed by atoms with Gasteiger partial charge in [0.1, 0.15) is 4.38 Å². The van der Waals surface area contributed by atoms with E-state index >= 15 is 0 Å². The van der Waals surface area contributed by atoms with E-state index in [4.69, 9.17) is 0 Å². The van der Waals surface area contributed by atoms with E-state index in [-0.39, 0.29) is 17.6 Å². The third kappa shape index (κ3) is 4.56. The van der Waals surface area contributed by atoms with Crippen LogP contribution < -0.4 is 5.32 Å². The van der Waals surface area contributed by atoms with Gasteiger partial charge in [-0.1, -0.05) is 53.9 Å². The number of nitrogens with one attached hydrogen (secondary N) is 1. The SMILES string of the molecule is O=C(CSC1=NC(=O)/C(=C\c2ccccc2)S1)Nc1ccncc1. The minimum absolute atomic E-state index is 0.151. The van der Waals surface area contributed by atoms with E-state index < -0.39 is 0 Å². The van der Waals surface area contributed by atoms with Crippen LogP contribution in [0.25, 0.3) is 6.08 Å². The fourth-order valence-corrected chi connectivity index (χ4v) is 3.71. The quantitative estimate of drug-likeness (QED) is 0.851. The maximum atomic E-state index is 11.9. The number of aromatic nitrogens is 1. The summed E-state index contributed by atoms with van der Waals surface area (Å²) in [6.45, 7) is 0. The first kappa shape index (κ1) is 16.5. The number of amides is 2. The molecular formula is C17H13N3O2S2. The maximum Gasteiger partial charge on any atom is 0.285 e. The third-order valence-corrected chi connectivity index (χ3v) is 5.12. The molecule has 1 aliphatic rings. The molecule has 0 fully saturated rings. The molecule has 120 valence electrons. The Morgan fingerprint density at radius 1 is 1.17 bits per heavy atom. The van der Waals surface area contributed by atoms with Gasteiger partial charge < -0.3 is 5.32 Å². The summed E-state index contributed by atoms with van der Waals surface area (Å²) in [5.74, 6) is -0.219. The molecule has 1 aliphatic heterocycles. The number of hydrogen-bond acceptors (Lipinski definition) is 5. The summed E-state index contributed by atoms with van der Waals surface area (Å²) in [5, 5.41) is 2.76. The lowest BCUT2D eigenvalue weighted by Gasteiger charge is -2.03. The smallest absolute Gasteiger partial charge is 0.285 e. The molecule has 1 aromatic heterocycles. The maximum absolute atomic E-state index is 11.9. The Balaban J connectivity index is 1.54.